The van der Waals surface area contributed by atoms with Crippen molar-refractivity contribution >= 4 is 16.9 Å². The molecule has 150 valence electrons. The van der Waals surface area contributed by atoms with E-state index in [-0.39, 0.29) is 28.6 Å². The van der Waals surface area contributed by atoms with E-state index in [4.69, 9.17) is 4.74 Å². The predicted molar refractivity (Wildman–Crippen MR) is 109 cm³/mol. The summed E-state index contributed by atoms with van der Waals surface area (Å²) in [6.07, 6.45) is -0.101. The molecule has 1 aromatic carbocycles. The number of carbonyl (C=O) groups is 1. The number of H-pyrrole nitrogens is 1. The van der Waals surface area contributed by atoms with Crippen molar-refractivity contribution in [3.63, 3.8) is 0 Å². The van der Waals surface area contributed by atoms with Crippen LogP contribution in [-0.4, -0.2) is 44.5 Å². The molecule has 2 aromatic heterocycles. The first-order valence-electron chi connectivity index (χ1n) is 9.39. The first-order chi connectivity index (χ1) is 13.8. The third-order valence-electron chi connectivity index (χ3n) is 5.26. The highest BCUT2D eigenvalue weighted by atomic mass is 16.5. The highest BCUT2D eigenvalue weighted by Crippen LogP contribution is 2.27. The number of fused-ring (bicyclic) bond motifs is 1. The lowest BCUT2D eigenvalue weighted by atomic mass is 10.1. The number of benzene rings is 1. The summed E-state index contributed by atoms with van der Waals surface area (Å²) in [5.74, 6) is 0.576. The number of ether oxygens (including phenoxy) is 1. The Kier molecular flexibility index (Phi) is 4.49. The molecule has 1 amide bonds. The minimum Gasteiger partial charge on any atom is -0.486 e. The third kappa shape index (κ3) is 3.20. The Labute approximate surface area is 166 Å². The molecule has 1 saturated heterocycles. The highest BCUT2D eigenvalue weighted by Gasteiger charge is 2.34. The number of hydrogen-bond acceptors (Lipinski definition) is 5. The van der Waals surface area contributed by atoms with Gasteiger partial charge in [-0.1, -0.05) is 18.2 Å². The second-order valence-electron chi connectivity index (χ2n) is 7.50. The van der Waals surface area contributed by atoms with Crippen LogP contribution in [0, 0.1) is 20.8 Å². The van der Waals surface area contributed by atoms with Crippen LogP contribution in [0.4, 0.5) is 0 Å². The van der Waals surface area contributed by atoms with Crippen molar-refractivity contribution in [3.05, 3.63) is 67.5 Å². The summed E-state index contributed by atoms with van der Waals surface area (Å²) in [5.41, 5.74) is 1.94. The fraction of sp³-hybridized carbons (Fsp3) is 0.333. The van der Waals surface area contributed by atoms with Crippen LogP contribution in [0.25, 0.3) is 11.0 Å². The molecule has 1 N–H and O–H groups in total. The molecule has 3 aromatic rings. The maximum Gasteiger partial charge on any atom is 0.329 e. The summed E-state index contributed by atoms with van der Waals surface area (Å²) in [5, 5.41) is 0.127. The Morgan fingerprint density at radius 2 is 1.83 bits per heavy atom. The zero-order valence-corrected chi connectivity index (χ0v) is 16.8. The number of aromatic amines is 1. The van der Waals surface area contributed by atoms with E-state index < -0.39 is 11.2 Å². The van der Waals surface area contributed by atoms with Gasteiger partial charge in [0, 0.05) is 12.7 Å². The fourth-order valence-electron chi connectivity index (χ4n) is 3.63. The highest BCUT2D eigenvalue weighted by molar-refractivity contribution is 6.05. The van der Waals surface area contributed by atoms with Crippen LogP contribution in [0.1, 0.15) is 27.2 Å². The Bertz CT molecular complexity index is 1230. The number of aryl methyl sites for hydroxylation is 4. The molecule has 1 aliphatic heterocycles. The average molecular weight is 394 g/mol. The monoisotopic (exact) mass is 394 g/mol. The van der Waals surface area contributed by atoms with E-state index in [0.717, 1.165) is 16.9 Å². The lowest BCUT2D eigenvalue weighted by Crippen LogP contribution is -2.56. The summed E-state index contributed by atoms with van der Waals surface area (Å²) in [4.78, 5) is 45.5. The molecule has 0 spiro atoms. The molecular formula is C21H22N4O4. The zero-order valence-electron chi connectivity index (χ0n) is 16.8. The minimum absolute atomic E-state index is 0.101. The molecule has 1 aliphatic rings. The number of carbonyl (C=O) groups excluding carboxylic acids is 1. The van der Waals surface area contributed by atoms with Gasteiger partial charge in [0.15, 0.2) is 0 Å². The van der Waals surface area contributed by atoms with Gasteiger partial charge in [-0.15, -0.1) is 0 Å². The van der Waals surface area contributed by atoms with E-state index in [9.17, 15) is 14.4 Å². The van der Waals surface area contributed by atoms with Gasteiger partial charge in [0.05, 0.1) is 24.0 Å². The number of likely N-dealkylation sites (tertiary alicyclic amines) is 1. The summed E-state index contributed by atoms with van der Waals surface area (Å²) >= 11 is 0. The van der Waals surface area contributed by atoms with E-state index in [1.165, 1.54) is 11.6 Å². The quantitative estimate of drug-likeness (QED) is 0.725. The summed E-state index contributed by atoms with van der Waals surface area (Å²) < 4.78 is 7.32. The SMILES string of the molecule is Cc1cc(C(=O)N2CC(Oc3c(C)cccc3C)C2)c2c(=O)[nH]c(=O)n(C)c2n1. The Balaban J connectivity index is 1.61. The van der Waals surface area contributed by atoms with Crippen LogP contribution in [0.3, 0.4) is 0 Å². The number of nitrogens with zero attached hydrogens (tertiary/aromatic N) is 3. The number of aromatic nitrogens is 3. The van der Waals surface area contributed by atoms with Gasteiger partial charge in [0.25, 0.3) is 11.5 Å². The summed E-state index contributed by atoms with van der Waals surface area (Å²) in [6, 6.07) is 7.55. The average Bonchev–Trinajstić information content (AvgIpc) is 2.63. The number of para-hydroxylation sites is 1. The number of pyridine rings is 1. The van der Waals surface area contributed by atoms with Crippen LogP contribution in [0.5, 0.6) is 5.75 Å². The molecule has 0 bridgehead atoms. The predicted octanol–water partition coefficient (Wildman–Crippen LogP) is 1.45. The number of hydrogen-bond donors (Lipinski definition) is 1. The smallest absolute Gasteiger partial charge is 0.329 e. The first-order valence-corrected chi connectivity index (χ1v) is 9.39. The van der Waals surface area contributed by atoms with Gasteiger partial charge >= 0.3 is 5.69 Å². The van der Waals surface area contributed by atoms with E-state index >= 15 is 0 Å². The van der Waals surface area contributed by atoms with Crippen molar-refractivity contribution in [1.29, 1.82) is 0 Å². The molecule has 8 heteroatoms. The van der Waals surface area contributed by atoms with E-state index in [1.807, 2.05) is 32.0 Å². The molecule has 0 unspecified atom stereocenters. The van der Waals surface area contributed by atoms with Crippen molar-refractivity contribution in [2.75, 3.05) is 13.1 Å². The second-order valence-corrected chi connectivity index (χ2v) is 7.50. The van der Waals surface area contributed by atoms with Crippen molar-refractivity contribution in [3.8, 4) is 5.75 Å². The number of nitrogens with one attached hydrogen (secondary N) is 1. The van der Waals surface area contributed by atoms with Crippen molar-refractivity contribution in [2.45, 2.75) is 26.9 Å². The fourth-order valence-corrected chi connectivity index (χ4v) is 3.63. The standard InChI is InChI=1S/C21H22N4O4/c1-11-6-5-7-12(2)17(11)29-14-9-25(10-14)20(27)15-8-13(3)22-18-16(15)19(26)23-21(28)24(18)4/h5-8,14H,9-10H2,1-4H3,(H,23,26,28). The maximum absolute atomic E-state index is 13.1. The van der Waals surface area contributed by atoms with E-state index in [1.54, 1.807) is 17.9 Å². The molecule has 29 heavy (non-hydrogen) atoms. The molecule has 0 atom stereocenters. The van der Waals surface area contributed by atoms with Crippen LogP contribution < -0.4 is 16.0 Å². The molecule has 4 rings (SSSR count). The van der Waals surface area contributed by atoms with Gasteiger partial charge in [-0.25, -0.2) is 9.78 Å². The largest absolute Gasteiger partial charge is 0.486 e. The van der Waals surface area contributed by atoms with Gasteiger partial charge in [-0.05, 0) is 38.0 Å². The number of amides is 1. The normalized spacial score (nSPS) is 14.1. The molecule has 0 saturated carbocycles. The summed E-state index contributed by atoms with van der Waals surface area (Å²) in [6.45, 7) is 6.57. The lowest BCUT2D eigenvalue weighted by molar-refractivity contribution is 0.0174. The molecular weight excluding hydrogens is 372 g/mol. The third-order valence-corrected chi connectivity index (χ3v) is 5.26. The van der Waals surface area contributed by atoms with Crippen LogP contribution in [0.2, 0.25) is 0 Å². The van der Waals surface area contributed by atoms with Crippen molar-refractivity contribution < 1.29 is 9.53 Å². The summed E-state index contributed by atoms with van der Waals surface area (Å²) in [7, 11) is 1.51. The van der Waals surface area contributed by atoms with Gasteiger partial charge in [0.2, 0.25) is 0 Å². The molecule has 1 fully saturated rings. The maximum atomic E-state index is 13.1. The van der Waals surface area contributed by atoms with Gasteiger partial charge in [0.1, 0.15) is 17.5 Å². The van der Waals surface area contributed by atoms with Gasteiger partial charge in [-0.3, -0.25) is 19.1 Å². The van der Waals surface area contributed by atoms with Gasteiger partial charge in [-0.2, -0.15) is 0 Å². The Morgan fingerprint density at radius 3 is 2.48 bits per heavy atom. The number of rotatable bonds is 3. The molecule has 0 radical (unpaired) electrons. The van der Waals surface area contributed by atoms with Crippen molar-refractivity contribution in [2.24, 2.45) is 7.05 Å². The first kappa shape index (κ1) is 18.9. The Morgan fingerprint density at radius 1 is 1.17 bits per heavy atom. The van der Waals surface area contributed by atoms with Gasteiger partial charge < -0.3 is 9.64 Å². The topological polar surface area (TPSA) is 97.3 Å². The molecule has 0 aliphatic carbocycles. The van der Waals surface area contributed by atoms with Crippen LogP contribution in [0.15, 0.2) is 33.9 Å². The minimum atomic E-state index is -0.609. The van der Waals surface area contributed by atoms with E-state index in [2.05, 4.69) is 9.97 Å². The van der Waals surface area contributed by atoms with E-state index in [0.29, 0.717) is 18.8 Å². The lowest BCUT2D eigenvalue weighted by Gasteiger charge is -2.39. The van der Waals surface area contributed by atoms with Crippen LogP contribution >= 0.6 is 0 Å². The zero-order chi connectivity index (χ0) is 20.9. The Hall–Kier alpha value is -3.42. The molecule has 3 heterocycles. The van der Waals surface area contributed by atoms with Crippen molar-refractivity contribution in [1.82, 2.24) is 19.4 Å². The molecule has 8 nitrogen and oxygen atoms in total. The van der Waals surface area contributed by atoms with Crippen LogP contribution in [-0.2, 0) is 7.05 Å². The second kappa shape index (κ2) is 6.88.